The lowest BCUT2D eigenvalue weighted by molar-refractivity contribution is 0.0543. The Morgan fingerprint density at radius 3 is 3.04 bits per heavy atom. The minimum absolute atomic E-state index is 0.0781. The minimum Gasteiger partial charge on any atom is -0.374 e. The van der Waals surface area contributed by atoms with Crippen LogP contribution in [0.4, 0.5) is 5.82 Å². The first-order valence-corrected chi connectivity index (χ1v) is 8.21. The predicted octanol–water partition coefficient (Wildman–Crippen LogP) is 1.16. The van der Waals surface area contributed by atoms with E-state index in [9.17, 15) is 0 Å². The minimum atomic E-state index is 0.0781. The molecule has 24 heavy (non-hydrogen) atoms. The lowest BCUT2D eigenvalue weighted by Gasteiger charge is -2.25. The largest absolute Gasteiger partial charge is 0.374 e. The van der Waals surface area contributed by atoms with Crippen molar-refractivity contribution in [1.82, 2.24) is 29.5 Å². The van der Waals surface area contributed by atoms with Gasteiger partial charge in [-0.3, -0.25) is 9.36 Å². The van der Waals surface area contributed by atoms with Crippen molar-refractivity contribution >= 4 is 16.9 Å². The van der Waals surface area contributed by atoms with Gasteiger partial charge >= 0.3 is 0 Å². The van der Waals surface area contributed by atoms with E-state index in [0.29, 0.717) is 0 Å². The van der Waals surface area contributed by atoms with E-state index in [-0.39, 0.29) is 6.10 Å². The van der Waals surface area contributed by atoms with Crippen molar-refractivity contribution in [2.24, 2.45) is 7.05 Å². The maximum Gasteiger partial charge on any atom is 0.163 e. The lowest BCUT2D eigenvalue weighted by Crippen LogP contribution is -2.35. The molecule has 1 aliphatic rings. The zero-order chi connectivity index (χ0) is 16.5. The Balaban J connectivity index is 1.65. The number of fused-ring (bicyclic) bond motifs is 1. The van der Waals surface area contributed by atoms with Gasteiger partial charge in [0.05, 0.1) is 24.2 Å². The summed E-state index contributed by atoms with van der Waals surface area (Å²) in [4.78, 5) is 11.5. The van der Waals surface area contributed by atoms with E-state index in [1.165, 1.54) is 0 Å². The predicted molar refractivity (Wildman–Crippen MR) is 89.8 cm³/mol. The fourth-order valence-electron chi connectivity index (χ4n) is 3.17. The van der Waals surface area contributed by atoms with E-state index >= 15 is 0 Å². The third-order valence-corrected chi connectivity index (χ3v) is 4.28. The molecule has 8 heteroatoms. The number of hydrogen-bond acceptors (Lipinski definition) is 6. The van der Waals surface area contributed by atoms with Gasteiger partial charge in [0.25, 0.3) is 0 Å². The molecule has 1 fully saturated rings. The van der Waals surface area contributed by atoms with Crippen molar-refractivity contribution in [3.05, 3.63) is 30.5 Å². The number of ether oxygens (including phenoxy) is 1. The van der Waals surface area contributed by atoms with Crippen LogP contribution in [-0.4, -0.2) is 55.3 Å². The first kappa shape index (κ1) is 15.1. The van der Waals surface area contributed by atoms with Gasteiger partial charge in [-0.1, -0.05) is 0 Å². The topological polar surface area (TPSA) is 73.9 Å². The van der Waals surface area contributed by atoms with Crippen LogP contribution in [0.5, 0.6) is 0 Å². The summed E-state index contributed by atoms with van der Waals surface area (Å²) in [5, 5.41) is 9.61. The Morgan fingerprint density at radius 2 is 2.21 bits per heavy atom. The van der Waals surface area contributed by atoms with Crippen molar-refractivity contribution in [3.8, 4) is 0 Å². The number of anilines is 1. The molecule has 0 radical (unpaired) electrons. The molecule has 4 heterocycles. The molecule has 4 rings (SSSR count). The fourth-order valence-corrected chi connectivity index (χ4v) is 3.17. The number of aryl methyl sites for hydroxylation is 2. The maximum atomic E-state index is 6.01. The molecule has 1 aliphatic heterocycles. The van der Waals surface area contributed by atoms with E-state index in [0.717, 1.165) is 55.3 Å². The van der Waals surface area contributed by atoms with E-state index < -0.39 is 0 Å². The van der Waals surface area contributed by atoms with Crippen molar-refractivity contribution in [2.45, 2.75) is 26.0 Å². The summed E-state index contributed by atoms with van der Waals surface area (Å²) in [5.41, 5.74) is 0.867. The van der Waals surface area contributed by atoms with Gasteiger partial charge in [0.2, 0.25) is 0 Å². The highest BCUT2D eigenvalue weighted by Crippen LogP contribution is 2.25. The molecule has 0 aliphatic carbocycles. The van der Waals surface area contributed by atoms with E-state index in [1.54, 1.807) is 10.9 Å². The summed E-state index contributed by atoms with van der Waals surface area (Å²) in [6.07, 6.45) is 6.65. The zero-order valence-corrected chi connectivity index (χ0v) is 14.0. The van der Waals surface area contributed by atoms with Crippen LogP contribution in [0.1, 0.15) is 12.2 Å². The second-order valence-corrected chi connectivity index (χ2v) is 6.12. The Bertz CT molecular complexity index is 826. The molecule has 0 amide bonds. The molecule has 0 bridgehead atoms. The van der Waals surface area contributed by atoms with Gasteiger partial charge in [-0.2, -0.15) is 10.2 Å². The molecule has 0 saturated carbocycles. The van der Waals surface area contributed by atoms with Crippen LogP contribution in [0.25, 0.3) is 11.0 Å². The maximum absolute atomic E-state index is 6.01. The van der Waals surface area contributed by atoms with Crippen molar-refractivity contribution in [2.75, 3.05) is 24.6 Å². The third-order valence-electron chi connectivity index (χ3n) is 4.28. The van der Waals surface area contributed by atoms with E-state index in [1.807, 2.05) is 37.1 Å². The highest BCUT2D eigenvalue weighted by Gasteiger charge is 2.23. The van der Waals surface area contributed by atoms with Gasteiger partial charge in [-0.15, -0.1) is 0 Å². The summed E-state index contributed by atoms with van der Waals surface area (Å²) in [7, 11) is 1.91. The van der Waals surface area contributed by atoms with Crippen LogP contribution in [-0.2, 0) is 18.3 Å². The molecule has 8 nitrogen and oxygen atoms in total. The quantitative estimate of drug-likeness (QED) is 0.719. The summed E-state index contributed by atoms with van der Waals surface area (Å²) < 4.78 is 9.72. The molecule has 1 saturated heterocycles. The molecular formula is C16H21N7O. The molecular weight excluding hydrogens is 306 g/mol. The third kappa shape index (κ3) is 2.84. The molecule has 0 spiro atoms. The molecule has 1 atom stereocenters. The second-order valence-electron chi connectivity index (χ2n) is 6.12. The van der Waals surface area contributed by atoms with Crippen molar-refractivity contribution in [3.63, 3.8) is 0 Å². The molecule has 3 aromatic heterocycles. The molecule has 0 N–H and O–H groups in total. The number of hydrogen-bond donors (Lipinski definition) is 0. The Labute approximate surface area is 140 Å². The Morgan fingerprint density at radius 1 is 1.29 bits per heavy atom. The van der Waals surface area contributed by atoms with Crippen LogP contribution < -0.4 is 4.90 Å². The summed E-state index contributed by atoms with van der Waals surface area (Å²) in [6.45, 7) is 5.11. The number of aromatic nitrogens is 6. The Hall–Kier alpha value is -2.48. The van der Waals surface area contributed by atoms with Gasteiger partial charge in [-0.05, 0) is 19.4 Å². The molecule has 126 valence electrons. The zero-order valence-electron chi connectivity index (χ0n) is 14.0. The average molecular weight is 327 g/mol. The summed E-state index contributed by atoms with van der Waals surface area (Å²) >= 11 is 0. The van der Waals surface area contributed by atoms with E-state index in [2.05, 4.69) is 20.1 Å². The van der Waals surface area contributed by atoms with Crippen LogP contribution in [0.3, 0.4) is 0 Å². The Kier molecular flexibility index (Phi) is 3.89. The van der Waals surface area contributed by atoms with Crippen LogP contribution in [0, 0.1) is 6.92 Å². The van der Waals surface area contributed by atoms with Crippen LogP contribution in [0.2, 0.25) is 0 Å². The second kappa shape index (κ2) is 6.20. The van der Waals surface area contributed by atoms with Gasteiger partial charge in [0.1, 0.15) is 11.6 Å². The SMILES string of the molecule is Cc1nc(N2CCCO[C@H](Cn3cccn3)C2)c2cnn(C)c2n1. The summed E-state index contributed by atoms with van der Waals surface area (Å²) in [5.74, 6) is 1.71. The number of rotatable bonds is 3. The lowest BCUT2D eigenvalue weighted by atomic mass is 10.2. The van der Waals surface area contributed by atoms with E-state index in [4.69, 9.17) is 9.72 Å². The van der Waals surface area contributed by atoms with Gasteiger partial charge in [-0.25, -0.2) is 9.97 Å². The normalized spacial score (nSPS) is 18.9. The highest BCUT2D eigenvalue weighted by molar-refractivity contribution is 5.87. The van der Waals surface area contributed by atoms with Crippen molar-refractivity contribution in [1.29, 1.82) is 0 Å². The first-order chi connectivity index (χ1) is 11.7. The van der Waals surface area contributed by atoms with Gasteiger partial charge < -0.3 is 9.64 Å². The van der Waals surface area contributed by atoms with Gasteiger partial charge in [0.15, 0.2) is 5.65 Å². The van der Waals surface area contributed by atoms with Crippen LogP contribution >= 0.6 is 0 Å². The smallest absolute Gasteiger partial charge is 0.163 e. The molecule has 0 unspecified atom stereocenters. The average Bonchev–Trinajstić information content (AvgIpc) is 3.13. The number of nitrogens with zero attached hydrogens (tertiary/aromatic N) is 7. The molecule has 3 aromatic rings. The summed E-state index contributed by atoms with van der Waals surface area (Å²) in [6, 6.07) is 1.93. The monoisotopic (exact) mass is 327 g/mol. The highest BCUT2D eigenvalue weighted by atomic mass is 16.5. The standard InChI is InChI=1S/C16H21N7O/c1-12-19-15-14(9-18-21(15)2)16(20-12)22-6-4-8-24-13(10-22)11-23-7-3-5-17-23/h3,5,7,9,13H,4,6,8,10-11H2,1-2H3/t13-/m0/s1. The van der Waals surface area contributed by atoms with Crippen molar-refractivity contribution < 1.29 is 4.74 Å². The van der Waals surface area contributed by atoms with Crippen LogP contribution in [0.15, 0.2) is 24.7 Å². The molecule has 0 aromatic carbocycles. The first-order valence-electron chi connectivity index (χ1n) is 8.21. The van der Waals surface area contributed by atoms with Gasteiger partial charge in [0, 0.05) is 39.1 Å². The fraction of sp³-hybridized carbons (Fsp3) is 0.500.